The first-order valence-corrected chi connectivity index (χ1v) is 8.54. The zero-order valence-corrected chi connectivity index (χ0v) is 14.5. The molecule has 0 aliphatic rings. The second-order valence-electron chi connectivity index (χ2n) is 6.60. The highest BCUT2D eigenvalue weighted by Gasteiger charge is 2.02. The number of hydrogen-bond donors (Lipinski definition) is 1. The molecule has 0 spiro atoms. The fourth-order valence-electron chi connectivity index (χ4n) is 2.64. The summed E-state index contributed by atoms with van der Waals surface area (Å²) >= 11 is 0. The van der Waals surface area contributed by atoms with Crippen molar-refractivity contribution in [2.75, 3.05) is 0 Å². The molecule has 0 radical (unpaired) electrons. The van der Waals surface area contributed by atoms with Crippen LogP contribution in [0.25, 0.3) is 0 Å². The smallest absolute Gasteiger partial charge is 0.303 e. The van der Waals surface area contributed by atoms with E-state index >= 15 is 0 Å². The first-order chi connectivity index (χ1) is 11.5. The molecule has 0 atom stereocenters. The van der Waals surface area contributed by atoms with Crippen molar-refractivity contribution in [3.05, 3.63) is 65.2 Å². The number of carbonyl (C=O) groups is 1. The predicted octanol–water partition coefficient (Wildman–Crippen LogP) is 4.87. The molecule has 1 N–H and O–H groups in total. The zero-order valence-electron chi connectivity index (χ0n) is 14.5. The van der Waals surface area contributed by atoms with Crippen molar-refractivity contribution in [1.82, 2.24) is 0 Å². The average molecular weight is 326 g/mol. The van der Waals surface area contributed by atoms with E-state index in [-0.39, 0.29) is 6.42 Å². The van der Waals surface area contributed by atoms with Crippen LogP contribution in [0.3, 0.4) is 0 Å². The third kappa shape index (κ3) is 6.45. The molecular formula is C21H26O3. The van der Waals surface area contributed by atoms with Crippen LogP contribution in [0.1, 0.15) is 43.4 Å². The van der Waals surface area contributed by atoms with Crippen molar-refractivity contribution in [2.45, 2.75) is 46.1 Å². The van der Waals surface area contributed by atoms with Gasteiger partial charge in [-0.25, -0.2) is 0 Å². The third-order valence-corrected chi connectivity index (χ3v) is 3.83. The maximum atomic E-state index is 10.6. The van der Waals surface area contributed by atoms with Gasteiger partial charge in [-0.2, -0.15) is 0 Å². The molecule has 3 heteroatoms. The summed E-state index contributed by atoms with van der Waals surface area (Å²) in [5.41, 5.74) is 3.62. The Labute approximate surface area is 144 Å². The van der Waals surface area contributed by atoms with E-state index in [0.29, 0.717) is 18.9 Å². The summed E-state index contributed by atoms with van der Waals surface area (Å²) in [6, 6.07) is 16.5. The second-order valence-corrected chi connectivity index (χ2v) is 6.60. The zero-order chi connectivity index (χ0) is 17.4. The maximum Gasteiger partial charge on any atom is 0.303 e. The molecule has 2 aromatic rings. The Bertz CT molecular complexity index is 644. The lowest BCUT2D eigenvalue weighted by atomic mass is 10.0. The standard InChI is InChI=1S/C21H26O3/c1-16(2)13-18-9-11-19(12-10-18)15-24-20-7-3-5-17(14-20)6-4-8-21(22)23/h3,5,7,9-12,14,16H,4,6,8,13,15H2,1-2H3,(H,22,23). The van der Waals surface area contributed by atoms with Gasteiger partial charge in [0.1, 0.15) is 12.4 Å². The molecule has 0 fully saturated rings. The van der Waals surface area contributed by atoms with Crippen LogP contribution in [0, 0.1) is 5.92 Å². The van der Waals surface area contributed by atoms with Crippen molar-refractivity contribution < 1.29 is 14.6 Å². The van der Waals surface area contributed by atoms with Gasteiger partial charge in [0.25, 0.3) is 0 Å². The van der Waals surface area contributed by atoms with Gasteiger partial charge in [0.05, 0.1) is 0 Å². The summed E-state index contributed by atoms with van der Waals surface area (Å²) < 4.78 is 5.86. The molecule has 0 saturated heterocycles. The minimum Gasteiger partial charge on any atom is -0.489 e. The molecule has 24 heavy (non-hydrogen) atoms. The number of carboxylic acid groups (broad SMARTS) is 1. The van der Waals surface area contributed by atoms with Gasteiger partial charge in [0.2, 0.25) is 0 Å². The number of hydrogen-bond acceptors (Lipinski definition) is 2. The number of aliphatic carboxylic acids is 1. The van der Waals surface area contributed by atoms with Crippen LogP contribution in [-0.2, 0) is 24.2 Å². The Morgan fingerprint density at radius 3 is 2.42 bits per heavy atom. The molecule has 128 valence electrons. The molecule has 0 aliphatic carbocycles. The topological polar surface area (TPSA) is 46.5 Å². The van der Waals surface area contributed by atoms with Crippen LogP contribution < -0.4 is 4.74 Å². The van der Waals surface area contributed by atoms with Crippen LogP contribution in [0.5, 0.6) is 5.75 Å². The van der Waals surface area contributed by atoms with Crippen molar-refractivity contribution >= 4 is 5.97 Å². The van der Waals surface area contributed by atoms with Gasteiger partial charge in [0, 0.05) is 6.42 Å². The number of aryl methyl sites for hydroxylation is 1. The Morgan fingerprint density at radius 2 is 1.75 bits per heavy atom. The second kappa shape index (κ2) is 9.11. The van der Waals surface area contributed by atoms with Crippen LogP contribution in [-0.4, -0.2) is 11.1 Å². The minimum atomic E-state index is -0.747. The highest BCUT2D eigenvalue weighted by molar-refractivity contribution is 5.66. The van der Waals surface area contributed by atoms with Gasteiger partial charge in [-0.05, 0) is 54.0 Å². The van der Waals surface area contributed by atoms with Crippen LogP contribution >= 0.6 is 0 Å². The van der Waals surface area contributed by atoms with Crippen molar-refractivity contribution in [3.63, 3.8) is 0 Å². The van der Waals surface area contributed by atoms with E-state index in [4.69, 9.17) is 9.84 Å². The SMILES string of the molecule is CC(C)Cc1ccc(COc2cccc(CCCC(=O)O)c2)cc1. The van der Waals surface area contributed by atoms with Crippen molar-refractivity contribution in [1.29, 1.82) is 0 Å². The Balaban J connectivity index is 1.86. The lowest BCUT2D eigenvalue weighted by Crippen LogP contribution is -1.99. The lowest BCUT2D eigenvalue weighted by Gasteiger charge is -2.09. The Kier molecular flexibility index (Phi) is 6.86. The fourth-order valence-corrected chi connectivity index (χ4v) is 2.64. The summed E-state index contributed by atoms with van der Waals surface area (Å²) in [7, 11) is 0. The number of rotatable bonds is 9. The first kappa shape index (κ1) is 18.1. The number of ether oxygens (including phenoxy) is 1. The summed E-state index contributed by atoms with van der Waals surface area (Å²) in [6.45, 7) is 4.99. The van der Waals surface area contributed by atoms with E-state index in [1.54, 1.807) is 0 Å². The van der Waals surface area contributed by atoms with Gasteiger partial charge < -0.3 is 9.84 Å². The van der Waals surface area contributed by atoms with Gasteiger partial charge in [0.15, 0.2) is 0 Å². The normalized spacial score (nSPS) is 10.8. The van der Waals surface area contributed by atoms with Gasteiger partial charge in [-0.15, -0.1) is 0 Å². The lowest BCUT2D eigenvalue weighted by molar-refractivity contribution is -0.137. The molecule has 0 unspecified atom stereocenters. The first-order valence-electron chi connectivity index (χ1n) is 8.54. The van der Waals surface area contributed by atoms with Gasteiger partial charge in [-0.1, -0.05) is 50.2 Å². The van der Waals surface area contributed by atoms with Gasteiger partial charge in [-0.3, -0.25) is 4.79 Å². The Hall–Kier alpha value is -2.29. The highest BCUT2D eigenvalue weighted by atomic mass is 16.5. The average Bonchev–Trinajstić information content (AvgIpc) is 2.54. The summed E-state index contributed by atoms with van der Waals surface area (Å²) in [5.74, 6) is 0.744. The van der Waals surface area contributed by atoms with E-state index < -0.39 is 5.97 Å². The maximum absolute atomic E-state index is 10.6. The molecule has 2 rings (SSSR count). The van der Waals surface area contributed by atoms with Crippen LogP contribution in [0.15, 0.2) is 48.5 Å². The molecule has 0 aliphatic heterocycles. The van der Waals surface area contributed by atoms with E-state index in [1.165, 1.54) is 5.56 Å². The number of benzene rings is 2. The quantitative estimate of drug-likeness (QED) is 0.715. The molecule has 0 heterocycles. The van der Waals surface area contributed by atoms with Crippen molar-refractivity contribution in [3.8, 4) is 5.75 Å². The molecule has 3 nitrogen and oxygen atoms in total. The minimum absolute atomic E-state index is 0.202. The van der Waals surface area contributed by atoms with E-state index in [0.717, 1.165) is 29.7 Å². The molecule has 0 bridgehead atoms. The molecule has 0 saturated carbocycles. The summed E-state index contributed by atoms with van der Waals surface area (Å²) in [5, 5.41) is 8.70. The fraction of sp³-hybridized carbons (Fsp3) is 0.381. The molecule has 0 aromatic heterocycles. The monoisotopic (exact) mass is 326 g/mol. The Morgan fingerprint density at radius 1 is 1.04 bits per heavy atom. The largest absolute Gasteiger partial charge is 0.489 e. The predicted molar refractivity (Wildman–Crippen MR) is 96.3 cm³/mol. The number of carboxylic acids is 1. The third-order valence-electron chi connectivity index (χ3n) is 3.83. The summed E-state index contributed by atoms with van der Waals surface area (Å²) in [4.78, 5) is 10.6. The van der Waals surface area contributed by atoms with Crippen LogP contribution in [0.2, 0.25) is 0 Å². The van der Waals surface area contributed by atoms with Crippen molar-refractivity contribution in [2.24, 2.45) is 5.92 Å². The van der Waals surface area contributed by atoms with Crippen LogP contribution in [0.4, 0.5) is 0 Å². The molecule has 2 aromatic carbocycles. The molecular weight excluding hydrogens is 300 g/mol. The molecule has 0 amide bonds. The van der Waals surface area contributed by atoms with E-state index in [1.807, 2.05) is 24.3 Å². The van der Waals surface area contributed by atoms with Gasteiger partial charge >= 0.3 is 5.97 Å². The summed E-state index contributed by atoms with van der Waals surface area (Å²) in [6.07, 6.45) is 2.71. The highest BCUT2D eigenvalue weighted by Crippen LogP contribution is 2.17. The van der Waals surface area contributed by atoms with E-state index in [9.17, 15) is 4.79 Å². The van der Waals surface area contributed by atoms with E-state index in [2.05, 4.69) is 38.1 Å².